The first-order valence-corrected chi connectivity index (χ1v) is 6.32. The van der Waals surface area contributed by atoms with Crippen molar-refractivity contribution in [1.82, 2.24) is 4.67 Å². The lowest BCUT2D eigenvalue weighted by atomic mass is 10.4. The maximum absolute atomic E-state index is 13.3. The molecular formula is C8H19F2NP+. The molecule has 0 aliphatic rings. The zero-order chi connectivity index (χ0) is 9.61. The molecule has 0 saturated heterocycles. The Bertz CT molecular complexity index is 116. The molecule has 0 saturated carbocycles. The predicted molar refractivity (Wildman–Crippen MR) is 51.8 cm³/mol. The molecule has 1 nitrogen and oxygen atoms in total. The second-order valence-corrected chi connectivity index (χ2v) is 5.02. The molecule has 0 amide bonds. The Morgan fingerprint density at radius 3 is 1.92 bits per heavy atom. The maximum atomic E-state index is 13.3. The van der Waals surface area contributed by atoms with Crippen molar-refractivity contribution < 1.29 is 8.39 Å². The summed E-state index contributed by atoms with van der Waals surface area (Å²) >= 11 is 0. The topological polar surface area (TPSA) is 3.24 Å². The highest BCUT2D eigenvalue weighted by Crippen LogP contribution is 2.65. The number of rotatable bonds is 6. The van der Waals surface area contributed by atoms with Gasteiger partial charge in [-0.3, -0.25) is 0 Å². The van der Waals surface area contributed by atoms with Crippen LogP contribution in [0.15, 0.2) is 0 Å². The summed E-state index contributed by atoms with van der Waals surface area (Å²) in [6, 6.07) is 0. The van der Waals surface area contributed by atoms with Crippen molar-refractivity contribution in [3.05, 3.63) is 0 Å². The van der Waals surface area contributed by atoms with E-state index in [1.807, 2.05) is 6.92 Å². The second kappa shape index (κ2) is 5.82. The van der Waals surface area contributed by atoms with Gasteiger partial charge in [0.05, 0.1) is 0 Å². The third-order valence-electron chi connectivity index (χ3n) is 1.92. The highest BCUT2D eigenvalue weighted by atomic mass is 31.2. The minimum atomic E-state index is -3.74. The van der Waals surface area contributed by atoms with Gasteiger partial charge in [-0.25, -0.2) is 0 Å². The van der Waals surface area contributed by atoms with E-state index in [1.165, 1.54) is 4.67 Å². The summed E-state index contributed by atoms with van der Waals surface area (Å²) in [6.07, 6.45) is 1.61. The lowest BCUT2D eigenvalue weighted by molar-refractivity contribution is 0.423. The first-order chi connectivity index (χ1) is 5.58. The van der Waals surface area contributed by atoms with E-state index < -0.39 is 8.03 Å². The SMILES string of the molecule is CCCC[P+](F)(F)N(CC)CC. The van der Waals surface area contributed by atoms with Crippen LogP contribution in [0.5, 0.6) is 0 Å². The van der Waals surface area contributed by atoms with E-state index in [4.69, 9.17) is 0 Å². The van der Waals surface area contributed by atoms with Crippen molar-refractivity contribution in [2.75, 3.05) is 19.3 Å². The van der Waals surface area contributed by atoms with Gasteiger partial charge in [0.1, 0.15) is 6.16 Å². The molecular weight excluding hydrogens is 179 g/mol. The van der Waals surface area contributed by atoms with Crippen LogP contribution in [-0.4, -0.2) is 23.9 Å². The third kappa shape index (κ3) is 3.77. The molecule has 0 spiro atoms. The van der Waals surface area contributed by atoms with Gasteiger partial charge in [0, 0.05) is 13.1 Å². The highest BCUT2D eigenvalue weighted by Gasteiger charge is 2.46. The van der Waals surface area contributed by atoms with Crippen molar-refractivity contribution in [3.8, 4) is 0 Å². The van der Waals surface area contributed by atoms with Gasteiger partial charge in [0.15, 0.2) is 0 Å². The molecule has 0 aromatic rings. The summed E-state index contributed by atoms with van der Waals surface area (Å²) < 4.78 is 27.9. The monoisotopic (exact) mass is 198 g/mol. The summed E-state index contributed by atoms with van der Waals surface area (Å²) in [6.45, 7) is 6.48. The van der Waals surface area contributed by atoms with Crippen molar-refractivity contribution >= 4 is 8.03 Å². The van der Waals surface area contributed by atoms with Gasteiger partial charge in [-0.2, -0.15) is 0 Å². The van der Waals surface area contributed by atoms with Crippen molar-refractivity contribution in [3.63, 3.8) is 0 Å². The van der Waals surface area contributed by atoms with E-state index in [-0.39, 0.29) is 6.16 Å². The van der Waals surface area contributed by atoms with Crippen molar-refractivity contribution in [1.29, 1.82) is 0 Å². The molecule has 0 N–H and O–H groups in total. The summed E-state index contributed by atoms with van der Waals surface area (Å²) in [5, 5.41) is 0. The maximum Gasteiger partial charge on any atom is 0.462 e. The Balaban J connectivity index is 3.96. The van der Waals surface area contributed by atoms with Crippen LogP contribution in [0.3, 0.4) is 0 Å². The first-order valence-electron chi connectivity index (χ1n) is 4.61. The van der Waals surface area contributed by atoms with Crippen LogP contribution in [0, 0.1) is 0 Å². The Kier molecular flexibility index (Phi) is 5.94. The van der Waals surface area contributed by atoms with E-state index >= 15 is 0 Å². The van der Waals surface area contributed by atoms with Gasteiger partial charge < -0.3 is 0 Å². The fraction of sp³-hybridized carbons (Fsp3) is 1.00. The van der Waals surface area contributed by atoms with Crippen LogP contribution >= 0.6 is 8.03 Å². The predicted octanol–water partition coefficient (Wildman–Crippen LogP) is 3.83. The van der Waals surface area contributed by atoms with E-state index in [1.54, 1.807) is 13.8 Å². The summed E-state index contributed by atoms with van der Waals surface area (Å²) in [7, 11) is -3.74. The molecule has 0 fully saturated rings. The highest BCUT2D eigenvalue weighted by molar-refractivity contribution is 7.63. The fourth-order valence-corrected chi connectivity index (χ4v) is 2.93. The van der Waals surface area contributed by atoms with Crippen LogP contribution in [-0.2, 0) is 0 Å². The number of unbranched alkanes of at least 4 members (excludes halogenated alkanes) is 1. The van der Waals surface area contributed by atoms with Gasteiger partial charge in [0.25, 0.3) is 0 Å². The third-order valence-corrected chi connectivity index (χ3v) is 4.17. The van der Waals surface area contributed by atoms with Gasteiger partial charge in [0.2, 0.25) is 0 Å². The average molecular weight is 198 g/mol. The molecule has 0 aliphatic carbocycles. The molecule has 74 valence electrons. The van der Waals surface area contributed by atoms with Crippen molar-refractivity contribution in [2.24, 2.45) is 0 Å². The van der Waals surface area contributed by atoms with Crippen LogP contribution < -0.4 is 0 Å². The largest absolute Gasteiger partial charge is 0.462 e. The molecule has 4 heteroatoms. The lowest BCUT2D eigenvalue weighted by Crippen LogP contribution is -2.20. The van der Waals surface area contributed by atoms with Crippen LogP contribution in [0.2, 0.25) is 0 Å². The summed E-state index contributed by atoms with van der Waals surface area (Å²) in [5.74, 6) is 0. The van der Waals surface area contributed by atoms with Crippen molar-refractivity contribution in [2.45, 2.75) is 33.6 Å². The number of hydrogen-bond acceptors (Lipinski definition) is 1. The van der Waals surface area contributed by atoms with Gasteiger partial charge >= 0.3 is 8.03 Å². The van der Waals surface area contributed by atoms with Crippen LogP contribution in [0.4, 0.5) is 8.39 Å². The molecule has 0 aliphatic heterocycles. The van der Waals surface area contributed by atoms with Gasteiger partial charge in [-0.1, -0.05) is 13.3 Å². The fourth-order valence-electron chi connectivity index (χ4n) is 1.13. The smallest absolute Gasteiger partial charge is 0.120 e. The Morgan fingerprint density at radius 2 is 1.58 bits per heavy atom. The second-order valence-electron chi connectivity index (χ2n) is 2.81. The molecule has 0 heterocycles. The Labute approximate surface area is 74.8 Å². The molecule has 0 radical (unpaired) electrons. The average Bonchev–Trinajstić information content (AvgIpc) is 2.03. The summed E-state index contributed by atoms with van der Waals surface area (Å²) in [5.41, 5.74) is 0. The molecule has 0 atom stereocenters. The number of hydrogen-bond donors (Lipinski definition) is 0. The molecule has 12 heavy (non-hydrogen) atoms. The Hall–Kier alpha value is 0.250. The standard InChI is InChI=1S/C8H19F2NP/c1-4-7-8-12(9,10)11(5-2)6-3/h4-8H2,1-3H3/q+1. The molecule has 0 rings (SSSR count). The van der Waals surface area contributed by atoms with E-state index in [0.717, 1.165) is 6.42 Å². The van der Waals surface area contributed by atoms with Crippen LogP contribution in [0.25, 0.3) is 0 Å². The van der Waals surface area contributed by atoms with Crippen LogP contribution in [0.1, 0.15) is 33.6 Å². The molecule has 0 aromatic heterocycles. The van der Waals surface area contributed by atoms with E-state index in [2.05, 4.69) is 0 Å². The number of halogens is 2. The zero-order valence-corrected chi connectivity index (χ0v) is 9.08. The first kappa shape index (κ1) is 12.2. The lowest BCUT2D eigenvalue weighted by Gasteiger charge is -2.17. The van der Waals surface area contributed by atoms with E-state index in [9.17, 15) is 8.39 Å². The Morgan fingerprint density at radius 1 is 1.08 bits per heavy atom. The summed E-state index contributed by atoms with van der Waals surface area (Å²) in [4.78, 5) is 0. The molecule has 0 bridgehead atoms. The molecule has 0 aromatic carbocycles. The minimum absolute atomic E-state index is 0.102. The zero-order valence-electron chi connectivity index (χ0n) is 8.19. The molecule has 0 unspecified atom stereocenters. The number of nitrogens with zero attached hydrogens (tertiary/aromatic N) is 1. The van der Waals surface area contributed by atoms with E-state index in [0.29, 0.717) is 19.5 Å². The quantitative estimate of drug-likeness (QED) is 0.586. The normalized spacial score (nSPS) is 12.5. The minimum Gasteiger partial charge on any atom is -0.120 e. The van der Waals surface area contributed by atoms with Gasteiger partial charge in [-0.15, -0.1) is 4.67 Å². The van der Waals surface area contributed by atoms with Gasteiger partial charge in [-0.05, 0) is 28.7 Å².